The van der Waals surface area contributed by atoms with Gasteiger partial charge in [-0.15, -0.1) is 0 Å². The molecule has 2 rings (SSSR count). The number of aliphatic hydroxyl groups is 1. The van der Waals surface area contributed by atoms with Gasteiger partial charge in [-0.1, -0.05) is 5.16 Å². The van der Waals surface area contributed by atoms with Crippen molar-refractivity contribution in [3.05, 3.63) is 40.0 Å². The molecule has 8 nitrogen and oxygen atoms in total. The van der Waals surface area contributed by atoms with Crippen LogP contribution in [-0.2, 0) is 6.54 Å². The van der Waals surface area contributed by atoms with Gasteiger partial charge >= 0.3 is 5.69 Å². The Morgan fingerprint density at radius 2 is 2.47 bits per heavy atom. The largest absolute Gasteiger partial charge is 0.387 e. The molecule has 0 aromatic carbocycles. The van der Waals surface area contributed by atoms with E-state index in [9.17, 15) is 15.2 Å². The molecule has 0 aliphatic carbocycles. The molecule has 0 amide bonds. The summed E-state index contributed by atoms with van der Waals surface area (Å²) in [4.78, 5) is 9.92. The number of nitrogens with zero attached hydrogens (tertiary/aromatic N) is 4. The summed E-state index contributed by atoms with van der Waals surface area (Å²) < 4.78 is 6.32. The summed E-state index contributed by atoms with van der Waals surface area (Å²) in [7, 11) is 0. The minimum atomic E-state index is -0.709. The fraction of sp³-hybridized carbons (Fsp3) is 0.333. The van der Waals surface area contributed by atoms with Gasteiger partial charge < -0.3 is 9.63 Å². The molecule has 1 atom stereocenters. The maximum absolute atomic E-state index is 10.4. The van der Waals surface area contributed by atoms with E-state index < -0.39 is 11.0 Å². The Hall–Kier alpha value is -2.22. The van der Waals surface area contributed by atoms with Gasteiger partial charge in [-0.3, -0.25) is 14.8 Å². The highest BCUT2D eigenvalue weighted by atomic mass is 16.6. The first-order valence-electron chi connectivity index (χ1n) is 4.86. The van der Waals surface area contributed by atoms with Gasteiger partial charge in [-0.05, 0) is 6.92 Å². The second-order valence-electron chi connectivity index (χ2n) is 3.55. The van der Waals surface area contributed by atoms with Crippen LogP contribution in [0.2, 0.25) is 0 Å². The molecule has 1 N–H and O–H groups in total. The van der Waals surface area contributed by atoms with Gasteiger partial charge in [0.05, 0.1) is 11.0 Å². The molecule has 90 valence electrons. The van der Waals surface area contributed by atoms with Crippen LogP contribution in [0.1, 0.15) is 24.5 Å². The minimum Gasteiger partial charge on any atom is -0.387 e. The summed E-state index contributed by atoms with van der Waals surface area (Å²) in [5.41, 5.74) is 0.335. The molecular formula is C9H10N4O4. The lowest BCUT2D eigenvalue weighted by Crippen LogP contribution is -1.98. The predicted octanol–water partition coefficient (Wildman–Crippen LogP) is 0.881. The molecule has 2 aromatic rings. The topological polar surface area (TPSA) is 107 Å². The Morgan fingerprint density at radius 3 is 3.00 bits per heavy atom. The zero-order valence-electron chi connectivity index (χ0n) is 8.98. The van der Waals surface area contributed by atoms with E-state index in [1.54, 1.807) is 13.0 Å². The van der Waals surface area contributed by atoms with Crippen LogP contribution in [0.5, 0.6) is 0 Å². The summed E-state index contributed by atoms with van der Waals surface area (Å²) in [6.07, 6.45) is 1.75. The van der Waals surface area contributed by atoms with Crippen molar-refractivity contribution in [2.24, 2.45) is 0 Å². The van der Waals surface area contributed by atoms with E-state index in [2.05, 4.69) is 10.3 Å². The number of hydrogen-bond acceptors (Lipinski definition) is 6. The van der Waals surface area contributed by atoms with Gasteiger partial charge in [-0.2, -0.15) is 5.10 Å². The first kappa shape index (κ1) is 11.3. The van der Waals surface area contributed by atoms with Crippen molar-refractivity contribution in [2.75, 3.05) is 0 Å². The normalized spacial score (nSPS) is 12.6. The van der Waals surface area contributed by atoms with Gasteiger partial charge in [-0.25, -0.2) is 0 Å². The maximum Gasteiger partial charge on any atom is 0.307 e. The van der Waals surface area contributed by atoms with Crippen molar-refractivity contribution in [2.45, 2.75) is 19.6 Å². The van der Waals surface area contributed by atoms with Gasteiger partial charge in [0.15, 0.2) is 5.76 Å². The molecule has 2 aromatic heterocycles. The Bertz CT molecular complexity index is 531. The summed E-state index contributed by atoms with van der Waals surface area (Å²) in [6, 6.07) is 1.58. The highest BCUT2D eigenvalue weighted by molar-refractivity contribution is 5.21. The number of aromatic nitrogens is 3. The van der Waals surface area contributed by atoms with Crippen molar-refractivity contribution < 1.29 is 14.6 Å². The standard InChI is InChI=1S/C9H10N4O4/c1-6(14)9-2-8(17-11-9)5-12-4-7(3-10-12)13(15)16/h2-4,6,14H,5H2,1H3. The molecule has 0 saturated heterocycles. The number of aliphatic hydroxyl groups excluding tert-OH is 1. The molecule has 0 aliphatic heterocycles. The third-order valence-electron chi connectivity index (χ3n) is 2.15. The lowest BCUT2D eigenvalue weighted by Gasteiger charge is -1.94. The van der Waals surface area contributed by atoms with E-state index in [1.807, 2.05) is 0 Å². The third-order valence-corrected chi connectivity index (χ3v) is 2.15. The molecule has 0 spiro atoms. The Labute approximate surface area is 95.6 Å². The van der Waals surface area contributed by atoms with Crippen LogP contribution in [0.15, 0.2) is 23.0 Å². The average Bonchev–Trinajstić information content (AvgIpc) is 2.87. The molecule has 0 aliphatic rings. The Balaban J connectivity index is 2.11. The summed E-state index contributed by atoms with van der Waals surface area (Å²) in [5.74, 6) is 0.471. The fourth-order valence-electron chi connectivity index (χ4n) is 1.29. The summed E-state index contributed by atoms with van der Waals surface area (Å²) >= 11 is 0. The Morgan fingerprint density at radius 1 is 1.71 bits per heavy atom. The molecule has 8 heteroatoms. The number of hydrogen-bond donors (Lipinski definition) is 1. The van der Waals surface area contributed by atoms with Gasteiger partial charge in [0.2, 0.25) is 0 Å². The quantitative estimate of drug-likeness (QED) is 0.625. The molecule has 17 heavy (non-hydrogen) atoms. The maximum atomic E-state index is 10.4. The SMILES string of the molecule is CC(O)c1cc(Cn2cc([N+](=O)[O-])cn2)on1. The minimum absolute atomic E-state index is 0.0831. The first-order valence-corrected chi connectivity index (χ1v) is 4.86. The lowest BCUT2D eigenvalue weighted by molar-refractivity contribution is -0.385. The molecule has 0 saturated carbocycles. The predicted molar refractivity (Wildman–Crippen MR) is 55.1 cm³/mol. The van der Waals surface area contributed by atoms with Gasteiger partial charge in [0, 0.05) is 6.07 Å². The van der Waals surface area contributed by atoms with E-state index in [1.165, 1.54) is 10.9 Å². The number of nitro groups is 1. The van der Waals surface area contributed by atoms with Crippen molar-refractivity contribution in [1.82, 2.24) is 14.9 Å². The van der Waals surface area contributed by atoms with E-state index in [-0.39, 0.29) is 12.2 Å². The van der Waals surface area contributed by atoms with E-state index in [0.29, 0.717) is 11.5 Å². The van der Waals surface area contributed by atoms with Crippen molar-refractivity contribution in [3.63, 3.8) is 0 Å². The van der Waals surface area contributed by atoms with Crippen molar-refractivity contribution in [1.29, 1.82) is 0 Å². The van der Waals surface area contributed by atoms with Crippen LogP contribution in [0, 0.1) is 10.1 Å². The Kier molecular flexibility index (Phi) is 2.88. The van der Waals surface area contributed by atoms with Crippen LogP contribution >= 0.6 is 0 Å². The fourth-order valence-corrected chi connectivity index (χ4v) is 1.29. The molecule has 0 radical (unpaired) electrons. The second-order valence-corrected chi connectivity index (χ2v) is 3.55. The van der Waals surface area contributed by atoms with Crippen LogP contribution in [-0.4, -0.2) is 25.0 Å². The molecule has 0 fully saturated rings. The summed E-state index contributed by atoms with van der Waals surface area (Å²) in [6.45, 7) is 1.80. The highest BCUT2D eigenvalue weighted by Gasteiger charge is 2.12. The summed E-state index contributed by atoms with van der Waals surface area (Å²) in [5, 5.41) is 27.2. The van der Waals surface area contributed by atoms with Gasteiger partial charge in [0.1, 0.15) is 24.6 Å². The molecule has 0 bridgehead atoms. The van der Waals surface area contributed by atoms with Crippen molar-refractivity contribution >= 4 is 5.69 Å². The van der Waals surface area contributed by atoms with Gasteiger partial charge in [0.25, 0.3) is 0 Å². The van der Waals surface area contributed by atoms with Crippen LogP contribution in [0.4, 0.5) is 5.69 Å². The van der Waals surface area contributed by atoms with Crippen LogP contribution < -0.4 is 0 Å². The monoisotopic (exact) mass is 238 g/mol. The number of rotatable bonds is 4. The molecule has 2 heterocycles. The third kappa shape index (κ3) is 2.48. The highest BCUT2D eigenvalue weighted by Crippen LogP contribution is 2.14. The zero-order valence-corrected chi connectivity index (χ0v) is 8.98. The smallest absolute Gasteiger partial charge is 0.307 e. The first-order chi connectivity index (χ1) is 8.06. The van der Waals surface area contributed by atoms with E-state index in [4.69, 9.17) is 4.52 Å². The van der Waals surface area contributed by atoms with E-state index in [0.717, 1.165) is 6.20 Å². The van der Waals surface area contributed by atoms with Crippen molar-refractivity contribution in [3.8, 4) is 0 Å². The molecular weight excluding hydrogens is 228 g/mol. The zero-order chi connectivity index (χ0) is 12.4. The molecule has 1 unspecified atom stereocenters. The van der Waals surface area contributed by atoms with E-state index >= 15 is 0 Å². The second kappa shape index (κ2) is 4.34. The lowest BCUT2D eigenvalue weighted by atomic mass is 10.3. The van der Waals surface area contributed by atoms with Crippen LogP contribution in [0.3, 0.4) is 0 Å². The average molecular weight is 238 g/mol. The van der Waals surface area contributed by atoms with Crippen LogP contribution in [0.25, 0.3) is 0 Å².